The SMILES string of the molecule is Cc1ccccc1-n1c(SCc2cc(=O)n3cccc(C)c3n2)nnc1-c1cccnc1. The summed E-state index contributed by atoms with van der Waals surface area (Å²) in [5.74, 6) is 1.22. The van der Waals surface area contributed by atoms with Crippen LogP contribution in [0.2, 0.25) is 0 Å². The monoisotopic (exact) mass is 440 g/mol. The molecule has 1 aromatic carbocycles. The van der Waals surface area contributed by atoms with Gasteiger partial charge in [-0.1, -0.05) is 36.0 Å². The predicted molar refractivity (Wildman–Crippen MR) is 125 cm³/mol. The maximum Gasteiger partial charge on any atom is 0.258 e. The van der Waals surface area contributed by atoms with E-state index in [2.05, 4.69) is 28.2 Å². The van der Waals surface area contributed by atoms with Crippen molar-refractivity contribution in [2.45, 2.75) is 24.8 Å². The summed E-state index contributed by atoms with van der Waals surface area (Å²) < 4.78 is 3.61. The van der Waals surface area contributed by atoms with Crippen LogP contribution in [-0.4, -0.2) is 29.1 Å². The van der Waals surface area contributed by atoms with Gasteiger partial charge in [-0.3, -0.25) is 18.7 Å². The van der Waals surface area contributed by atoms with Gasteiger partial charge in [0.1, 0.15) is 5.65 Å². The second-order valence-electron chi connectivity index (χ2n) is 7.43. The number of nitrogens with zero attached hydrogens (tertiary/aromatic N) is 6. The predicted octanol–water partition coefficient (Wildman–Crippen LogP) is 4.25. The maximum atomic E-state index is 12.6. The third-order valence-corrected chi connectivity index (χ3v) is 6.16. The summed E-state index contributed by atoms with van der Waals surface area (Å²) in [6, 6.07) is 17.3. The molecule has 4 aromatic heterocycles. The number of hydrogen-bond acceptors (Lipinski definition) is 6. The number of rotatable bonds is 5. The van der Waals surface area contributed by atoms with Crippen molar-refractivity contribution in [3.63, 3.8) is 0 Å². The van der Waals surface area contributed by atoms with Crippen molar-refractivity contribution in [1.82, 2.24) is 29.1 Å². The van der Waals surface area contributed by atoms with E-state index in [9.17, 15) is 4.79 Å². The molecule has 0 saturated carbocycles. The quantitative estimate of drug-likeness (QED) is 0.380. The summed E-state index contributed by atoms with van der Waals surface area (Å²) in [6.45, 7) is 4.01. The van der Waals surface area contributed by atoms with Crippen molar-refractivity contribution < 1.29 is 0 Å². The lowest BCUT2D eigenvalue weighted by molar-refractivity contribution is 0.879. The van der Waals surface area contributed by atoms with Crippen molar-refractivity contribution in [1.29, 1.82) is 0 Å². The molecule has 0 unspecified atom stereocenters. The van der Waals surface area contributed by atoms with Gasteiger partial charge in [0.2, 0.25) is 0 Å². The van der Waals surface area contributed by atoms with E-state index >= 15 is 0 Å². The highest BCUT2D eigenvalue weighted by Gasteiger charge is 2.18. The van der Waals surface area contributed by atoms with E-state index in [0.29, 0.717) is 17.1 Å². The summed E-state index contributed by atoms with van der Waals surface area (Å²) in [5.41, 5.74) is 5.23. The minimum atomic E-state index is -0.0919. The fourth-order valence-electron chi connectivity index (χ4n) is 3.60. The molecule has 0 spiro atoms. The number of fused-ring (bicyclic) bond motifs is 1. The van der Waals surface area contributed by atoms with Gasteiger partial charge in [0.15, 0.2) is 11.0 Å². The molecule has 5 rings (SSSR count). The van der Waals surface area contributed by atoms with E-state index in [0.717, 1.165) is 33.4 Å². The minimum absolute atomic E-state index is 0.0919. The molecule has 0 aliphatic heterocycles. The average Bonchev–Trinajstić information content (AvgIpc) is 3.23. The van der Waals surface area contributed by atoms with Crippen molar-refractivity contribution >= 4 is 17.4 Å². The Balaban J connectivity index is 1.56. The molecule has 0 saturated heterocycles. The topological polar surface area (TPSA) is 78.0 Å². The largest absolute Gasteiger partial charge is 0.270 e. The number of hydrogen-bond donors (Lipinski definition) is 0. The van der Waals surface area contributed by atoms with Gasteiger partial charge < -0.3 is 0 Å². The van der Waals surface area contributed by atoms with Gasteiger partial charge in [0.05, 0.1) is 11.4 Å². The molecule has 32 heavy (non-hydrogen) atoms. The second-order valence-corrected chi connectivity index (χ2v) is 8.37. The molecule has 0 N–H and O–H groups in total. The summed E-state index contributed by atoms with van der Waals surface area (Å²) in [6.07, 6.45) is 5.25. The molecule has 8 heteroatoms. The van der Waals surface area contributed by atoms with Crippen LogP contribution in [0.3, 0.4) is 0 Å². The van der Waals surface area contributed by atoms with Crippen LogP contribution in [-0.2, 0) is 5.75 Å². The number of aryl methyl sites for hydroxylation is 2. The fraction of sp³-hybridized carbons (Fsp3) is 0.125. The highest BCUT2D eigenvalue weighted by molar-refractivity contribution is 7.98. The zero-order valence-corrected chi connectivity index (χ0v) is 18.5. The second kappa shape index (κ2) is 8.39. The van der Waals surface area contributed by atoms with Crippen LogP contribution in [0.1, 0.15) is 16.8 Å². The standard InChI is InChI=1S/C24H20N6OS/c1-16-7-3-4-10-20(16)30-23(18-9-5-11-25-14-18)27-28-24(30)32-15-19-13-21(31)29-12-6-8-17(2)22(29)26-19/h3-14H,15H2,1-2H3. The molecule has 5 aromatic rings. The van der Waals surface area contributed by atoms with Crippen LogP contribution in [0.15, 0.2) is 83.1 Å². The van der Waals surface area contributed by atoms with E-state index in [1.54, 1.807) is 29.1 Å². The van der Waals surface area contributed by atoms with E-state index in [-0.39, 0.29) is 5.56 Å². The third kappa shape index (κ3) is 3.69. The van der Waals surface area contributed by atoms with Gasteiger partial charge in [0.25, 0.3) is 5.56 Å². The Labute approximate surface area is 188 Å². The van der Waals surface area contributed by atoms with Crippen LogP contribution < -0.4 is 5.56 Å². The van der Waals surface area contributed by atoms with Crippen LogP contribution in [0.4, 0.5) is 0 Å². The molecule has 0 fully saturated rings. The third-order valence-electron chi connectivity index (χ3n) is 5.20. The van der Waals surface area contributed by atoms with Gasteiger partial charge in [0, 0.05) is 36.0 Å². The van der Waals surface area contributed by atoms with Crippen molar-refractivity contribution in [3.05, 3.63) is 100 Å². The minimum Gasteiger partial charge on any atom is -0.270 e. The summed E-state index contributed by atoms with van der Waals surface area (Å²) in [4.78, 5) is 21.5. The zero-order chi connectivity index (χ0) is 22.1. The van der Waals surface area contributed by atoms with E-state index in [1.165, 1.54) is 11.8 Å². The number of aromatic nitrogens is 6. The van der Waals surface area contributed by atoms with Crippen LogP contribution in [0.25, 0.3) is 22.7 Å². The number of benzene rings is 1. The van der Waals surface area contributed by atoms with Gasteiger partial charge in [-0.2, -0.15) is 0 Å². The van der Waals surface area contributed by atoms with Crippen molar-refractivity contribution in [2.24, 2.45) is 0 Å². The van der Waals surface area contributed by atoms with Crippen molar-refractivity contribution in [2.75, 3.05) is 0 Å². The first-order chi connectivity index (χ1) is 15.6. The van der Waals surface area contributed by atoms with Crippen LogP contribution >= 0.6 is 11.8 Å². The van der Waals surface area contributed by atoms with E-state index in [1.807, 2.05) is 54.0 Å². The van der Waals surface area contributed by atoms with Gasteiger partial charge in [-0.15, -0.1) is 10.2 Å². The van der Waals surface area contributed by atoms with Crippen LogP contribution in [0, 0.1) is 13.8 Å². The number of para-hydroxylation sites is 1. The number of pyridine rings is 2. The Morgan fingerprint density at radius 2 is 1.81 bits per heavy atom. The first kappa shape index (κ1) is 20.1. The fourth-order valence-corrected chi connectivity index (χ4v) is 4.44. The molecule has 0 aliphatic rings. The highest BCUT2D eigenvalue weighted by atomic mass is 32.2. The molecule has 158 valence electrons. The first-order valence-electron chi connectivity index (χ1n) is 10.1. The van der Waals surface area contributed by atoms with E-state index < -0.39 is 0 Å². The Hall–Kier alpha value is -3.78. The highest BCUT2D eigenvalue weighted by Crippen LogP contribution is 2.30. The molecule has 0 bridgehead atoms. The van der Waals surface area contributed by atoms with Crippen LogP contribution in [0.5, 0.6) is 0 Å². The molecule has 0 atom stereocenters. The van der Waals surface area contributed by atoms with Gasteiger partial charge in [-0.05, 0) is 49.2 Å². The molecule has 0 radical (unpaired) electrons. The summed E-state index contributed by atoms with van der Waals surface area (Å²) >= 11 is 1.50. The van der Waals surface area contributed by atoms with E-state index in [4.69, 9.17) is 4.98 Å². The molecular formula is C24H20N6OS. The molecule has 0 aliphatic carbocycles. The first-order valence-corrected chi connectivity index (χ1v) is 11.1. The maximum absolute atomic E-state index is 12.6. The average molecular weight is 441 g/mol. The Bertz CT molecular complexity index is 1480. The zero-order valence-electron chi connectivity index (χ0n) is 17.6. The number of thioether (sulfide) groups is 1. The molecular weight excluding hydrogens is 420 g/mol. The Morgan fingerprint density at radius 1 is 0.969 bits per heavy atom. The lowest BCUT2D eigenvalue weighted by Gasteiger charge is -2.13. The molecule has 7 nitrogen and oxygen atoms in total. The Kier molecular flexibility index (Phi) is 5.28. The lowest BCUT2D eigenvalue weighted by atomic mass is 10.2. The molecule has 4 heterocycles. The normalized spacial score (nSPS) is 11.2. The van der Waals surface area contributed by atoms with Crippen molar-refractivity contribution in [3.8, 4) is 17.1 Å². The summed E-state index contributed by atoms with van der Waals surface area (Å²) in [7, 11) is 0. The van der Waals surface area contributed by atoms with Gasteiger partial charge >= 0.3 is 0 Å². The summed E-state index contributed by atoms with van der Waals surface area (Å²) in [5, 5.41) is 9.65. The van der Waals surface area contributed by atoms with Gasteiger partial charge in [-0.25, -0.2) is 4.98 Å². The Morgan fingerprint density at radius 3 is 2.62 bits per heavy atom. The lowest BCUT2D eigenvalue weighted by Crippen LogP contribution is -2.15. The molecule has 0 amide bonds. The smallest absolute Gasteiger partial charge is 0.258 e.